The van der Waals surface area contributed by atoms with E-state index >= 15 is 0 Å². The predicted octanol–water partition coefficient (Wildman–Crippen LogP) is 3.81. The molecule has 0 amide bonds. The van der Waals surface area contributed by atoms with Gasteiger partial charge in [-0.3, -0.25) is 4.79 Å². The summed E-state index contributed by atoms with van der Waals surface area (Å²) in [6, 6.07) is 11.1. The van der Waals surface area contributed by atoms with Gasteiger partial charge in [0.25, 0.3) is 0 Å². The van der Waals surface area contributed by atoms with Gasteiger partial charge in [0.05, 0.1) is 18.1 Å². The third-order valence-electron chi connectivity index (χ3n) is 3.54. The molecule has 2 aromatic carbocycles. The van der Waals surface area contributed by atoms with Crippen LogP contribution in [-0.2, 0) is 9.53 Å². The standard InChI is InChI=1S/C17H19NO4S/c1-11(18-21)16(7-8-17(20)22-2)23-15-6-4-12-9-14(19)5-3-13(12)10-15/h3-6,9-10,16,19,21H,7-8H2,1-2H3. The topological polar surface area (TPSA) is 79.1 Å². The van der Waals surface area contributed by atoms with Crippen molar-refractivity contribution < 1.29 is 19.8 Å². The Morgan fingerprint density at radius 2 is 1.96 bits per heavy atom. The van der Waals surface area contributed by atoms with Crippen LogP contribution in [0.3, 0.4) is 0 Å². The van der Waals surface area contributed by atoms with Crippen LogP contribution >= 0.6 is 11.8 Å². The molecule has 0 fully saturated rings. The Hall–Kier alpha value is -2.21. The number of phenolic OH excluding ortho intramolecular Hbond substituents is 1. The van der Waals surface area contributed by atoms with Crippen LogP contribution in [0.5, 0.6) is 5.75 Å². The summed E-state index contributed by atoms with van der Waals surface area (Å²) in [7, 11) is 1.36. The molecule has 0 aliphatic rings. The summed E-state index contributed by atoms with van der Waals surface area (Å²) in [5.74, 6) is -0.0487. The highest BCUT2D eigenvalue weighted by molar-refractivity contribution is 8.00. The van der Waals surface area contributed by atoms with Gasteiger partial charge in [0.1, 0.15) is 5.75 Å². The SMILES string of the molecule is COC(=O)CCC(Sc1ccc2cc(O)ccc2c1)C(C)=NO. The second-order valence-electron chi connectivity index (χ2n) is 5.16. The van der Waals surface area contributed by atoms with Gasteiger partial charge >= 0.3 is 5.97 Å². The molecule has 0 aromatic heterocycles. The van der Waals surface area contributed by atoms with Crippen molar-refractivity contribution >= 4 is 34.2 Å². The molecule has 122 valence electrons. The molecule has 0 saturated carbocycles. The van der Waals surface area contributed by atoms with E-state index in [4.69, 9.17) is 5.21 Å². The zero-order valence-electron chi connectivity index (χ0n) is 13.0. The summed E-state index contributed by atoms with van der Waals surface area (Å²) in [6.07, 6.45) is 0.795. The van der Waals surface area contributed by atoms with Crippen molar-refractivity contribution in [3.05, 3.63) is 36.4 Å². The number of rotatable bonds is 6. The van der Waals surface area contributed by atoms with Gasteiger partial charge in [-0.2, -0.15) is 0 Å². The number of thioether (sulfide) groups is 1. The maximum absolute atomic E-state index is 11.3. The van der Waals surface area contributed by atoms with Gasteiger partial charge in [0.2, 0.25) is 0 Å². The fraction of sp³-hybridized carbons (Fsp3) is 0.294. The summed E-state index contributed by atoms with van der Waals surface area (Å²) < 4.78 is 4.66. The van der Waals surface area contributed by atoms with Gasteiger partial charge < -0.3 is 15.1 Å². The highest BCUT2D eigenvalue weighted by Gasteiger charge is 2.17. The normalized spacial score (nSPS) is 13.0. The molecule has 1 atom stereocenters. The lowest BCUT2D eigenvalue weighted by Gasteiger charge is -2.15. The van der Waals surface area contributed by atoms with Crippen LogP contribution in [0.2, 0.25) is 0 Å². The van der Waals surface area contributed by atoms with E-state index in [1.165, 1.54) is 18.9 Å². The number of carbonyl (C=O) groups excluding carboxylic acids is 1. The highest BCUT2D eigenvalue weighted by atomic mass is 32.2. The molecule has 0 heterocycles. The minimum absolute atomic E-state index is 0.117. The molecular formula is C17H19NO4S. The average molecular weight is 333 g/mol. The number of fused-ring (bicyclic) bond motifs is 1. The van der Waals surface area contributed by atoms with E-state index in [9.17, 15) is 9.90 Å². The third-order valence-corrected chi connectivity index (χ3v) is 4.92. The van der Waals surface area contributed by atoms with E-state index in [0.29, 0.717) is 12.1 Å². The number of aromatic hydroxyl groups is 1. The highest BCUT2D eigenvalue weighted by Crippen LogP contribution is 2.31. The number of hydrogen-bond acceptors (Lipinski definition) is 6. The van der Waals surface area contributed by atoms with Gasteiger partial charge in [0.15, 0.2) is 0 Å². The molecule has 0 aliphatic carbocycles. The lowest BCUT2D eigenvalue weighted by atomic mass is 10.1. The molecular weight excluding hydrogens is 314 g/mol. The Kier molecular flexibility index (Phi) is 5.87. The van der Waals surface area contributed by atoms with E-state index in [1.54, 1.807) is 19.1 Å². The van der Waals surface area contributed by atoms with Crippen LogP contribution in [0.1, 0.15) is 19.8 Å². The smallest absolute Gasteiger partial charge is 0.305 e. The molecule has 2 aromatic rings. The Morgan fingerprint density at radius 1 is 1.26 bits per heavy atom. The zero-order valence-corrected chi connectivity index (χ0v) is 13.8. The minimum Gasteiger partial charge on any atom is -0.508 e. The number of phenols is 1. The molecule has 0 bridgehead atoms. The molecule has 2 N–H and O–H groups in total. The summed E-state index contributed by atoms with van der Waals surface area (Å²) >= 11 is 1.53. The third kappa shape index (κ3) is 4.63. The van der Waals surface area contributed by atoms with Crippen LogP contribution in [0.15, 0.2) is 46.4 Å². The van der Waals surface area contributed by atoms with E-state index in [1.807, 2.05) is 24.3 Å². The van der Waals surface area contributed by atoms with Gasteiger partial charge in [-0.1, -0.05) is 17.3 Å². The van der Waals surface area contributed by atoms with Crippen LogP contribution in [0.4, 0.5) is 0 Å². The first-order valence-corrected chi connectivity index (χ1v) is 8.06. The summed E-state index contributed by atoms with van der Waals surface area (Å²) in [6.45, 7) is 1.73. The average Bonchev–Trinajstić information content (AvgIpc) is 2.57. The second-order valence-corrected chi connectivity index (χ2v) is 6.43. The second kappa shape index (κ2) is 7.87. The van der Waals surface area contributed by atoms with Crippen molar-refractivity contribution in [3.8, 4) is 5.75 Å². The predicted molar refractivity (Wildman–Crippen MR) is 91.4 cm³/mol. The monoisotopic (exact) mass is 333 g/mol. The van der Waals surface area contributed by atoms with E-state index in [-0.39, 0.29) is 23.4 Å². The first-order chi connectivity index (χ1) is 11.0. The first-order valence-electron chi connectivity index (χ1n) is 7.18. The van der Waals surface area contributed by atoms with Gasteiger partial charge in [-0.05, 0) is 48.4 Å². The van der Waals surface area contributed by atoms with Crippen molar-refractivity contribution in [1.29, 1.82) is 0 Å². The molecule has 2 rings (SSSR count). The number of ether oxygens (including phenoxy) is 1. The fourth-order valence-corrected chi connectivity index (χ4v) is 3.34. The number of carbonyl (C=O) groups is 1. The van der Waals surface area contributed by atoms with Crippen molar-refractivity contribution in [1.82, 2.24) is 0 Å². The summed E-state index contributed by atoms with van der Waals surface area (Å²) in [5, 5.41) is 23.7. The van der Waals surface area contributed by atoms with Gasteiger partial charge in [0, 0.05) is 11.3 Å². The molecule has 0 saturated heterocycles. The van der Waals surface area contributed by atoms with Crippen LogP contribution < -0.4 is 0 Å². The Morgan fingerprint density at radius 3 is 2.65 bits per heavy atom. The van der Waals surface area contributed by atoms with E-state index in [0.717, 1.165) is 15.7 Å². The number of nitrogens with zero attached hydrogens (tertiary/aromatic N) is 1. The molecule has 0 aliphatic heterocycles. The summed E-state index contributed by atoms with van der Waals surface area (Å²) in [4.78, 5) is 12.3. The lowest BCUT2D eigenvalue weighted by molar-refractivity contribution is -0.140. The molecule has 5 nitrogen and oxygen atoms in total. The van der Waals surface area contributed by atoms with Crippen molar-refractivity contribution in [3.63, 3.8) is 0 Å². The van der Waals surface area contributed by atoms with Gasteiger partial charge in [-0.15, -0.1) is 11.8 Å². The molecule has 1 unspecified atom stereocenters. The zero-order chi connectivity index (χ0) is 16.8. The number of methoxy groups -OCH3 is 1. The van der Waals surface area contributed by atoms with Crippen molar-refractivity contribution in [2.24, 2.45) is 5.16 Å². The largest absolute Gasteiger partial charge is 0.508 e. The maximum atomic E-state index is 11.3. The van der Waals surface area contributed by atoms with Crippen LogP contribution in [-0.4, -0.2) is 34.4 Å². The Labute approximate surface area is 139 Å². The molecule has 6 heteroatoms. The maximum Gasteiger partial charge on any atom is 0.305 e. The lowest BCUT2D eigenvalue weighted by Crippen LogP contribution is -2.16. The van der Waals surface area contributed by atoms with Crippen LogP contribution in [0, 0.1) is 0 Å². The molecule has 0 spiro atoms. The number of oxime groups is 1. The molecule has 0 radical (unpaired) electrons. The van der Waals surface area contributed by atoms with Crippen molar-refractivity contribution in [2.45, 2.75) is 29.9 Å². The number of benzene rings is 2. The van der Waals surface area contributed by atoms with E-state index in [2.05, 4.69) is 9.89 Å². The summed E-state index contributed by atoms with van der Waals surface area (Å²) in [5.41, 5.74) is 0.560. The van der Waals surface area contributed by atoms with E-state index < -0.39 is 0 Å². The number of esters is 1. The fourth-order valence-electron chi connectivity index (χ4n) is 2.22. The van der Waals surface area contributed by atoms with Gasteiger partial charge in [-0.25, -0.2) is 0 Å². The first kappa shape index (κ1) is 17.1. The molecule has 23 heavy (non-hydrogen) atoms. The number of hydrogen-bond donors (Lipinski definition) is 2. The quantitative estimate of drug-likeness (QED) is 0.276. The Bertz CT molecular complexity index is 730. The van der Waals surface area contributed by atoms with Crippen LogP contribution in [0.25, 0.3) is 10.8 Å². The van der Waals surface area contributed by atoms with Crippen molar-refractivity contribution in [2.75, 3.05) is 7.11 Å². The Balaban J connectivity index is 2.18. The minimum atomic E-state index is -0.282.